The topological polar surface area (TPSA) is 61.6 Å². The lowest BCUT2D eigenvalue weighted by atomic mass is 9.97. The van der Waals surface area contributed by atoms with Crippen LogP contribution in [0.15, 0.2) is 36.4 Å². The van der Waals surface area contributed by atoms with Gasteiger partial charge in [0.2, 0.25) is 0 Å². The van der Waals surface area contributed by atoms with Crippen molar-refractivity contribution < 1.29 is 27.4 Å². The van der Waals surface area contributed by atoms with Gasteiger partial charge in [0.1, 0.15) is 11.5 Å². The normalized spacial score (nSPS) is 13.6. The fraction of sp³-hybridized carbons (Fsp3) is 0.381. The third kappa shape index (κ3) is 6.44. The van der Waals surface area contributed by atoms with E-state index in [1.165, 1.54) is 12.1 Å². The van der Waals surface area contributed by atoms with Crippen LogP contribution >= 0.6 is 23.2 Å². The Bertz CT molecular complexity index is 850. The molecule has 0 radical (unpaired) electrons. The molecule has 1 amide bonds. The molecule has 0 saturated heterocycles. The molecule has 0 saturated carbocycles. The van der Waals surface area contributed by atoms with Gasteiger partial charge in [-0.2, -0.15) is 13.2 Å². The van der Waals surface area contributed by atoms with Crippen LogP contribution < -0.4 is 15.2 Å². The maximum absolute atomic E-state index is 12.8. The number of primary amides is 1. The number of hydrogen-bond donors (Lipinski definition) is 1. The number of carbonyl (C=O) groups excluding carboxylic acids is 1. The summed E-state index contributed by atoms with van der Waals surface area (Å²) in [6.45, 7) is 3.96. The van der Waals surface area contributed by atoms with E-state index in [0.29, 0.717) is 5.75 Å². The Labute approximate surface area is 183 Å². The van der Waals surface area contributed by atoms with Crippen molar-refractivity contribution in [2.75, 3.05) is 0 Å². The third-order valence-electron chi connectivity index (χ3n) is 4.44. The summed E-state index contributed by atoms with van der Waals surface area (Å²) >= 11 is 11.8. The fourth-order valence-corrected chi connectivity index (χ4v) is 3.37. The highest BCUT2D eigenvalue weighted by molar-refractivity contribution is 6.37. The number of carbonyl (C=O) groups is 1. The molecule has 2 N–H and O–H groups in total. The van der Waals surface area contributed by atoms with E-state index < -0.39 is 23.8 Å². The van der Waals surface area contributed by atoms with Crippen LogP contribution in [0.5, 0.6) is 17.2 Å². The van der Waals surface area contributed by atoms with Gasteiger partial charge in [0.15, 0.2) is 11.9 Å². The van der Waals surface area contributed by atoms with Gasteiger partial charge in [0.25, 0.3) is 5.91 Å². The quantitative estimate of drug-likeness (QED) is 0.441. The zero-order valence-corrected chi connectivity index (χ0v) is 17.9. The predicted octanol–water partition coefficient (Wildman–Crippen LogP) is 6.86. The van der Waals surface area contributed by atoms with E-state index in [9.17, 15) is 18.0 Å². The molecule has 0 aromatic heterocycles. The highest BCUT2D eigenvalue weighted by atomic mass is 35.5. The molecule has 0 heterocycles. The zero-order valence-electron chi connectivity index (χ0n) is 16.4. The third-order valence-corrected chi connectivity index (χ3v) is 5.00. The molecule has 2 aromatic carbocycles. The van der Waals surface area contributed by atoms with Crippen molar-refractivity contribution in [1.82, 2.24) is 0 Å². The van der Waals surface area contributed by atoms with Crippen LogP contribution in [0.25, 0.3) is 0 Å². The number of benzene rings is 2. The number of unbranched alkanes of at least 4 members (excludes halogenated alkanes) is 1. The largest absolute Gasteiger partial charge is 0.480 e. The van der Waals surface area contributed by atoms with Crippen LogP contribution in [0.2, 0.25) is 10.0 Å². The van der Waals surface area contributed by atoms with Crippen molar-refractivity contribution in [2.45, 2.75) is 45.4 Å². The van der Waals surface area contributed by atoms with Gasteiger partial charge in [-0.1, -0.05) is 49.9 Å². The number of hydrogen-bond acceptors (Lipinski definition) is 3. The summed E-state index contributed by atoms with van der Waals surface area (Å²) in [5, 5.41) is -0.539. The second kappa shape index (κ2) is 10.3. The molecule has 9 heteroatoms. The molecule has 2 rings (SSSR count). The number of ether oxygens (including phenoxy) is 2. The lowest BCUT2D eigenvalue weighted by Gasteiger charge is -2.22. The van der Waals surface area contributed by atoms with E-state index in [4.69, 9.17) is 38.4 Å². The van der Waals surface area contributed by atoms with Gasteiger partial charge in [-0.3, -0.25) is 4.79 Å². The van der Waals surface area contributed by atoms with Crippen LogP contribution in [0.4, 0.5) is 13.2 Å². The van der Waals surface area contributed by atoms with Crippen LogP contribution in [-0.2, 0) is 11.0 Å². The first-order valence-corrected chi connectivity index (χ1v) is 10.1. The molecule has 2 atom stereocenters. The van der Waals surface area contributed by atoms with E-state index in [1.54, 1.807) is 12.1 Å². The van der Waals surface area contributed by atoms with Gasteiger partial charge in [-0.25, -0.2) is 0 Å². The van der Waals surface area contributed by atoms with Crippen molar-refractivity contribution in [3.63, 3.8) is 0 Å². The first-order valence-electron chi connectivity index (χ1n) is 9.33. The SMILES string of the molecule is CCCCC(C)C(Oc1ccc(Oc2c(Cl)cc(C(F)(F)F)cc2Cl)cc1)C(N)=O. The van der Waals surface area contributed by atoms with Crippen LogP contribution in [-0.4, -0.2) is 12.0 Å². The summed E-state index contributed by atoms with van der Waals surface area (Å²) < 4.78 is 49.8. The van der Waals surface area contributed by atoms with Crippen LogP contribution in [0.3, 0.4) is 0 Å². The Morgan fingerprint density at radius 3 is 2.10 bits per heavy atom. The minimum Gasteiger partial charge on any atom is -0.480 e. The standard InChI is InChI=1S/C21H22Cl2F3NO3/c1-3-4-5-12(2)18(20(27)28)29-14-6-8-15(9-7-14)30-19-16(22)10-13(11-17(19)23)21(24,25)26/h6-12,18H,3-5H2,1-2H3,(H2,27,28). The fourth-order valence-electron chi connectivity index (χ4n) is 2.80. The first kappa shape index (κ1) is 24.2. The van der Waals surface area contributed by atoms with E-state index in [-0.39, 0.29) is 27.5 Å². The molecule has 2 unspecified atom stereocenters. The molecular formula is C21H22Cl2F3NO3. The summed E-state index contributed by atoms with van der Waals surface area (Å²) in [6, 6.07) is 7.65. The Morgan fingerprint density at radius 2 is 1.63 bits per heavy atom. The molecule has 30 heavy (non-hydrogen) atoms. The molecule has 0 fully saturated rings. The predicted molar refractivity (Wildman–Crippen MR) is 110 cm³/mol. The van der Waals surface area contributed by atoms with Crippen LogP contribution in [0.1, 0.15) is 38.7 Å². The van der Waals surface area contributed by atoms with Crippen molar-refractivity contribution in [3.05, 3.63) is 52.0 Å². The minimum atomic E-state index is -4.57. The highest BCUT2D eigenvalue weighted by Crippen LogP contribution is 2.41. The Morgan fingerprint density at radius 1 is 1.10 bits per heavy atom. The van der Waals surface area contributed by atoms with Gasteiger partial charge in [-0.15, -0.1) is 0 Å². The molecule has 0 aliphatic carbocycles. The highest BCUT2D eigenvalue weighted by Gasteiger charge is 2.32. The van der Waals surface area contributed by atoms with Gasteiger partial charge in [-0.05, 0) is 42.8 Å². The average Bonchev–Trinajstić information content (AvgIpc) is 2.66. The molecule has 164 valence electrons. The van der Waals surface area contributed by atoms with E-state index in [2.05, 4.69) is 6.92 Å². The van der Waals surface area contributed by atoms with Crippen molar-refractivity contribution in [1.29, 1.82) is 0 Å². The summed E-state index contributed by atoms with van der Waals surface area (Å²) in [5.41, 5.74) is 4.50. The maximum atomic E-state index is 12.8. The second-order valence-electron chi connectivity index (χ2n) is 6.90. The van der Waals surface area contributed by atoms with Gasteiger partial charge >= 0.3 is 6.18 Å². The molecule has 0 aliphatic heterocycles. The number of amides is 1. The Balaban J connectivity index is 2.13. The molecule has 0 bridgehead atoms. The average molecular weight is 464 g/mol. The zero-order chi connectivity index (χ0) is 22.5. The lowest BCUT2D eigenvalue weighted by molar-refractivity contribution is -0.137. The summed E-state index contributed by atoms with van der Waals surface area (Å²) in [6.07, 6.45) is -2.60. The Kier molecular flexibility index (Phi) is 8.26. The van der Waals surface area contributed by atoms with Crippen molar-refractivity contribution in [2.24, 2.45) is 11.7 Å². The number of rotatable bonds is 9. The molecular weight excluding hydrogens is 442 g/mol. The molecule has 0 spiro atoms. The van der Waals surface area contributed by atoms with E-state index in [1.807, 2.05) is 6.92 Å². The summed E-state index contributed by atoms with van der Waals surface area (Å²) in [4.78, 5) is 11.8. The summed E-state index contributed by atoms with van der Waals surface area (Å²) in [5.74, 6) is -0.0201. The first-order chi connectivity index (χ1) is 14.0. The monoisotopic (exact) mass is 463 g/mol. The maximum Gasteiger partial charge on any atom is 0.416 e. The second-order valence-corrected chi connectivity index (χ2v) is 7.71. The number of halogens is 5. The van der Waals surface area contributed by atoms with Gasteiger partial charge in [0, 0.05) is 5.92 Å². The molecule has 4 nitrogen and oxygen atoms in total. The molecule has 0 aliphatic rings. The van der Waals surface area contributed by atoms with E-state index in [0.717, 1.165) is 31.4 Å². The lowest BCUT2D eigenvalue weighted by Crippen LogP contribution is -2.39. The van der Waals surface area contributed by atoms with Crippen molar-refractivity contribution in [3.8, 4) is 17.2 Å². The van der Waals surface area contributed by atoms with Gasteiger partial charge < -0.3 is 15.2 Å². The number of alkyl halides is 3. The van der Waals surface area contributed by atoms with Gasteiger partial charge in [0.05, 0.1) is 15.6 Å². The number of nitrogens with two attached hydrogens (primary N) is 1. The summed E-state index contributed by atoms with van der Waals surface area (Å²) in [7, 11) is 0. The molecule has 2 aromatic rings. The van der Waals surface area contributed by atoms with Crippen molar-refractivity contribution >= 4 is 29.1 Å². The smallest absolute Gasteiger partial charge is 0.416 e. The van der Waals surface area contributed by atoms with E-state index >= 15 is 0 Å². The minimum absolute atomic E-state index is 0.0527. The Hall–Kier alpha value is -2.12. The van der Waals surface area contributed by atoms with Crippen LogP contribution in [0, 0.1) is 5.92 Å².